The summed E-state index contributed by atoms with van der Waals surface area (Å²) in [4.78, 5) is 23.3. The first-order chi connectivity index (χ1) is 8.16. The lowest BCUT2D eigenvalue weighted by Crippen LogP contribution is -2.09. The molecule has 0 radical (unpaired) electrons. The average molecular weight is 228 g/mol. The molecule has 0 saturated carbocycles. The number of carbonyl (C=O) groups excluding carboxylic acids is 2. The largest absolute Gasteiger partial charge is 0.300 e. The van der Waals surface area contributed by atoms with Gasteiger partial charge < -0.3 is 0 Å². The zero-order chi connectivity index (χ0) is 12.3. The van der Waals surface area contributed by atoms with Crippen molar-refractivity contribution in [3.8, 4) is 0 Å². The van der Waals surface area contributed by atoms with Crippen LogP contribution in [0.4, 0.5) is 0 Å². The summed E-state index contributed by atoms with van der Waals surface area (Å²) < 4.78 is 0. The summed E-state index contributed by atoms with van der Waals surface area (Å²) in [6.45, 7) is 2.01. The monoisotopic (exact) mass is 228 g/mol. The quantitative estimate of drug-likeness (QED) is 0.740. The van der Waals surface area contributed by atoms with Crippen LogP contribution >= 0.6 is 0 Å². The summed E-state index contributed by atoms with van der Waals surface area (Å²) in [6, 6.07) is 7.96. The zero-order valence-corrected chi connectivity index (χ0v) is 10.0. The highest BCUT2D eigenvalue weighted by Crippen LogP contribution is 2.22. The molecule has 88 valence electrons. The van der Waals surface area contributed by atoms with E-state index in [2.05, 4.69) is 0 Å². The van der Waals surface area contributed by atoms with E-state index in [4.69, 9.17) is 0 Å². The molecule has 2 heteroatoms. The number of hydrogen-bond donors (Lipinski definition) is 0. The summed E-state index contributed by atoms with van der Waals surface area (Å²) in [5, 5.41) is 0. The molecule has 0 aromatic heterocycles. The summed E-state index contributed by atoms with van der Waals surface area (Å²) in [5.41, 5.74) is 2.90. The van der Waals surface area contributed by atoms with E-state index in [9.17, 15) is 9.59 Å². The Morgan fingerprint density at radius 1 is 1.06 bits per heavy atom. The standard InChI is InChI=1S/C15H16O2/c1-11-4-2-5-12(10-11)14-7-3-6-13(16)8-9-15(14)17/h2,4-5,7,10H,3,6,8-9H2,1H3/b14-7-. The molecular weight excluding hydrogens is 212 g/mol. The number of carbonyl (C=O) groups is 2. The van der Waals surface area contributed by atoms with Gasteiger partial charge in [0.1, 0.15) is 5.78 Å². The first-order valence-electron chi connectivity index (χ1n) is 5.99. The fourth-order valence-corrected chi connectivity index (χ4v) is 2.10. The Balaban J connectivity index is 2.32. The summed E-state index contributed by atoms with van der Waals surface area (Å²) in [6.07, 6.45) is 3.88. The molecule has 0 aliphatic heterocycles. The fraction of sp³-hybridized carbons (Fsp3) is 0.333. The van der Waals surface area contributed by atoms with Crippen LogP contribution in [0.2, 0.25) is 0 Å². The molecule has 2 nitrogen and oxygen atoms in total. The highest BCUT2D eigenvalue weighted by Gasteiger charge is 2.16. The third-order valence-electron chi connectivity index (χ3n) is 3.03. The van der Waals surface area contributed by atoms with Crippen LogP contribution in [0.3, 0.4) is 0 Å². The predicted octanol–water partition coefficient (Wildman–Crippen LogP) is 3.09. The topological polar surface area (TPSA) is 34.1 Å². The van der Waals surface area contributed by atoms with Crippen molar-refractivity contribution in [1.82, 2.24) is 0 Å². The molecule has 0 saturated heterocycles. The average Bonchev–Trinajstić information content (AvgIpc) is 2.29. The minimum Gasteiger partial charge on any atom is -0.300 e. The number of benzene rings is 1. The van der Waals surface area contributed by atoms with Gasteiger partial charge in [0.2, 0.25) is 0 Å². The molecular formula is C15H16O2. The van der Waals surface area contributed by atoms with E-state index in [1.165, 1.54) is 0 Å². The minimum absolute atomic E-state index is 0.0867. The van der Waals surface area contributed by atoms with E-state index < -0.39 is 0 Å². The maximum atomic E-state index is 12.0. The van der Waals surface area contributed by atoms with Crippen LogP contribution in [0.5, 0.6) is 0 Å². The highest BCUT2D eigenvalue weighted by atomic mass is 16.1. The Labute approximate surface area is 101 Å². The fourth-order valence-electron chi connectivity index (χ4n) is 2.10. The van der Waals surface area contributed by atoms with Crippen molar-refractivity contribution in [3.63, 3.8) is 0 Å². The molecule has 0 fully saturated rings. The second-order valence-electron chi connectivity index (χ2n) is 4.49. The Kier molecular flexibility index (Phi) is 3.52. The molecule has 1 aliphatic rings. The maximum absolute atomic E-state index is 12.0. The van der Waals surface area contributed by atoms with Crippen molar-refractivity contribution in [2.75, 3.05) is 0 Å². The third-order valence-corrected chi connectivity index (χ3v) is 3.03. The lowest BCUT2D eigenvalue weighted by molar-refractivity contribution is -0.122. The number of aryl methyl sites for hydroxylation is 1. The van der Waals surface area contributed by atoms with Crippen molar-refractivity contribution in [2.24, 2.45) is 0 Å². The van der Waals surface area contributed by atoms with Gasteiger partial charge in [-0.2, -0.15) is 0 Å². The zero-order valence-electron chi connectivity index (χ0n) is 10.0. The second-order valence-corrected chi connectivity index (χ2v) is 4.49. The van der Waals surface area contributed by atoms with Gasteiger partial charge in [-0.1, -0.05) is 35.9 Å². The second kappa shape index (κ2) is 5.09. The smallest absolute Gasteiger partial charge is 0.163 e. The van der Waals surface area contributed by atoms with Gasteiger partial charge in [0.05, 0.1) is 0 Å². The number of Topliss-reactive ketones (excluding diaryl/α,β-unsaturated/α-hetero) is 2. The first kappa shape index (κ1) is 11.8. The molecule has 0 bridgehead atoms. The highest BCUT2D eigenvalue weighted by molar-refractivity contribution is 6.21. The van der Waals surface area contributed by atoms with E-state index >= 15 is 0 Å². The van der Waals surface area contributed by atoms with Gasteiger partial charge in [-0.25, -0.2) is 0 Å². The molecule has 1 aliphatic carbocycles. The minimum atomic E-state index is 0.0867. The van der Waals surface area contributed by atoms with E-state index in [0.29, 0.717) is 25.7 Å². The normalized spacial score (nSPS) is 20.4. The van der Waals surface area contributed by atoms with Gasteiger partial charge in [-0.3, -0.25) is 9.59 Å². The molecule has 0 unspecified atom stereocenters. The maximum Gasteiger partial charge on any atom is 0.163 e. The van der Waals surface area contributed by atoms with Gasteiger partial charge in [-0.05, 0) is 18.9 Å². The van der Waals surface area contributed by atoms with Crippen molar-refractivity contribution in [2.45, 2.75) is 32.6 Å². The summed E-state index contributed by atoms with van der Waals surface area (Å²) in [5.74, 6) is 0.279. The van der Waals surface area contributed by atoms with E-state index in [1.54, 1.807) is 0 Å². The van der Waals surface area contributed by atoms with Crippen LogP contribution in [-0.4, -0.2) is 11.6 Å². The molecule has 2 rings (SSSR count). The van der Waals surface area contributed by atoms with Crippen LogP contribution in [0.15, 0.2) is 30.3 Å². The van der Waals surface area contributed by atoms with Gasteiger partial charge >= 0.3 is 0 Å². The predicted molar refractivity (Wildman–Crippen MR) is 67.6 cm³/mol. The van der Waals surface area contributed by atoms with E-state index in [-0.39, 0.29) is 11.6 Å². The van der Waals surface area contributed by atoms with Crippen LogP contribution in [0, 0.1) is 6.92 Å². The number of hydrogen-bond acceptors (Lipinski definition) is 2. The Bertz CT molecular complexity index is 483. The van der Waals surface area contributed by atoms with Gasteiger partial charge in [0.25, 0.3) is 0 Å². The lowest BCUT2D eigenvalue weighted by atomic mass is 9.92. The van der Waals surface area contributed by atoms with Gasteiger partial charge in [0, 0.05) is 24.8 Å². The Hall–Kier alpha value is -1.70. The van der Waals surface area contributed by atoms with E-state index in [1.807, 2.05) is 37.3 Å². The lowest BCUT2D eigenvalue weighted by Gasteiger charge is -2.10. The molecule has 1 aromatic carbocycles. The van der Waals surface area contributed by atoms with Crippen LogP contribution in [0.25, 0.3) is 5.57 Å². The van der Waals surface area contributed by atoms with E-state index in [0.717, 1.165) is 16.7 Å². The van der Waals surface area contributed by atoms with Crippen molar-refractivity contribution >= 4 is 17.1 Å². The molecule has 0 spiro atoms. The summed E-state index contributed by atoms with van der Waals surface area (Å²) >= 11 is 0. The van der Waals surface area contributed by atoms with Crippen LogP contribution in [-0.2, 0) is 9.59 Å². The first-order valence-corrected chi connectivity index (χ1v) is 5.99. The van der Waals surface area contributed by atoms with Crippen LogP contribution in [0.1, 0.15) is 36.8 Å². The Morgan fingerprint density at radius 3 is 2.65 bits per heavy atom. The SMILES string of the molecule is Cc1cccc(/C2=C/CCC(=O)CCC2=O)c1. The van der Waals surface area contributed by atoms with Gasteiger partial charge in [0.15, 0.2) is 5.78 Å². The van der Waals surface area contributed by atoms with Crippen LogP contribution < -0.4 is 0 Å². The number of rotatable bonds is 1. The number of allylic oxidation sites excluding steroid dienone is 2. The van der Waals surface area contributed by atoms with Crippen molar-refractivity contribution < 1.29 is 9.59 Å². The molecule has 17 heavy (non-hydrogen) atoms. The molecule has 0 amide bonds. The molecule has 0 atom stereocenters. The number of ketones is 2. The van der Waals surface area contributed by atoms with Crippen molar-refractivity contribution in [1.29, 1.82) is 0 Å². The Morgan fingerprint density at radius 2 is 1.88 bits per heavy atom. The molecule has 1 aromatic rings. The summed E-state index contributed by atoms with van der Waals surface area (Å²) in [7, 11) is 0. The van der Waals surface area contributed by atoms with Crippen molar-refractivity contribution in [3.05, 3.63) is 41.5 Å². The molecule has 0 N–H and O–H groups in total. The molecule has 0 heterocycles. The van der Waals surface area contributed by atoms with Gasteiger partial charge in [-0.15, -0.1) is 0 Å². The third kappa shape index (κ3) is 2.90.